The number of rotatable bonds is 2. The molecule has 2 fully saturated rings. The van der Waals surface area contributed by atoms with E-state index >= 15 is 0 Å². The Hall–Kier alpha value is -1.98. The predicted molar refractivity (Wildman–Crippen MR) is 89.6 cm³/mol. The van der Waals surface area contributed by atoms with Gasteiger partial charge in [-0.2, -0.15) is 0 Å². The zero-order chi connectivity index (χ0) is 17.0. The van der Waals surface area contributed by atoms with Gasteiger partial charge in [-0.15, -0.1) is 0 Å². The van der Waals surface area contributed by atoms with E-state index in [0.717, 1.165) is 24.1 Å². The van der Waals surface area contributed by atoms with Crippen molar-refractivity contribution in [2.24, 2.45) is 0 Å². The fourth-order valence-electron chi connectivity index (χ4n) is 4.09. The Morgan fingerprint density at radius 1 is 0.880 bits per heavy atom. The van der Waals surface area contributed by atoms with Crippen LogP contribution in [0.15, 0.2) is 36.4 Å². The van der Waals surface area contributed by atoms with Gasteiger partial charge in [0.05, 0.1) is 19.3 Å². The van der Waals surface area contributed by atoms with Crippen LogP contribution in [0.2, 0.25) is 0 Å². The largest absolute Gasteiger partial charge is 0.375 e. The first-order chi connectivity index (χ1) is 12.2. The Kier molecular flexibility index (Phi) is 3.54. The smallest absolute Gasteiger partial charge is 0.131 e. The molecule has 0 radical (unpaired) electrons. The predicted octanol–water partition coefficient (Wildman–Crippen LogP) is 4.47. The molecule has 5 heteroatoms. The first kappa shape index (κ1) is 15.3. The lowest BCUT2D eigenvalue weighted by atomic mass is 9.85. The van der Waals surface area contributed by atoms with Gasteiger partial charge in [-0.05, 0) is 36.5 Å². The van der Waals surface area contributed by atoms with Crippen molar-refractivity contribution in [2.75, 3.05) is 18.5 Å². The van der Waals surface area contributed by atoms with E-state index in [0.29, 0.717) is 19.1 Å². The van der Waals surface area contributed by atoms with Crippen LogP contribution >= 0.6 is 0 Å². The van der Waals surface area contributed by atoms with E-state index in [2.05, 4.69) is 11.4 Å². The molecule has 2 heterocycles. The van der Waals surface area contributed by atoms with Gasteiger partial charge in [0.2, 0.25) is 0 Å². The van der Waals surface area contributed by atoms with Crippen molar-refractivity contribution in [3.63, 3.8) is 0 Å². The molecule has 3 aliphatic rings. The molecule has 0 spiro atoms. The molecule has 5 rings (SSSR count). The lowest BCUT2D eigenvalue weighted by molar-refractivity contribution is -0.151. The van der Waals surface area contributed by atoms with E-state index in [1.165, 1.54) is 23.8 Å². The lowest BCUT2D eigenvalue weighted by Crippen LogP contribution is -2.44. The van der Waals surface area contributed by atoms with Crippen molar-refractivity contribution in [1.82, 2.24) is 0 Å². The van der Waals surface area contributed by atoms with Gasteiger partial charge in [0.1, 0.15) is 23.8 Å². The van der Waals surface area contributed by atoms with Gasteiger partial charge in [0, 0.05) is 16.8 Å². The Morgan fingerprint density at radius 2 is 1.56 bits per heavy atom. The summed E-state index contributed by atoms with van der Waals surface area (Å²) >= 11 is 0. The number of para-hydroxylation sites is 1. The lowest BCUT2D eigenvalue weighted by Gasteiger charge is -2.43. The van der Waals surface area contributed by atoms with E-state index in [9.17, 15) is 8.78 Å². The van der Waals surface area contributed by atoms with Crippen LogP contribution in [0.5, 0.6) is 0 Å². The molecule has 130 valence electrons. The van der Waals surface area contributed by atoms with Crippen molar-refractivity contribution in [3.8, 4) is 0 Å². The number of hydrogen-bond donors (Lipinski definition) is 1. The third-order valence-electron chi connectivity index (χ3n) is 5.38. The highest BCUT2D eigenvalue weighted by molar-refractivity contribution is 5.64. The Bertz CT molecular complexity index is 801. The highest BCUT2D eigenvalue weighted by Crippen LogP contribution is 2.51. The Morgan fingerprint density at radius 3 is 2.32 bits per heavy atom. The Labute approximate surface area is 144 Å². The third kappa shape index (κ3) is 2.45. The average Bonchev–Trinajstić information content (AvgIpc) is 3.46. The summed E-state index contributed by atoms with van der Waals surface area (Å²) in [5, 5.41) is 3.40. The molecule has 2 aliphatic heterocycles. The zero-order valence-corrected chi connectivity index (χ0v) is 13.7. The monoisotopic (exact) mass is 343 g/mol. The summed E-state index contributed by atoms with van der Waals surface area (Å²) in [6, 6.07) is 9.52. The first-order valence-corrected chi connectivity index (χ1v) is 8.80. The van der Waals surface area contributed by atoms with E-state index in [-0.39, 0.29) is 11.7 Å². The van der Waals surface area contributed by atoms with Crippen LogP contribution < -0.4 is 5.32 Å². The molecule has 3 unspecified atom stereocenters. The molecule has 0 amide bonds. The maximum absolute atomic E-state index is 14.5. The Balaban J connectivity index is 1.66. The summed E-state index contributed by atoms with van der Waals surface area (Å²) in [6.45, 7) is 0.911. The van der Waals surface area contributed by atoms with Gasteiger partial charge in [-0.3, -0.25) is 0 Å². The van der Waals surface area contributed by atoms with Crippen molar-refractivity contribution >= 4 is 5.69 Å². The molecule has 0 bridgehead atoms. The fraction of sp³-hybridized carbons (Fsp3) is 0.400. The van der Waals surface area contributed by atoms with Crippen LogP contribution in [0.25, 0.3) is 0 Å². The summed E-state index contributed by atoms with van der Waals surface area (Å²) in [5.41, 5.74) is 3.23. The van der Waals surface area contributed by atoms with Gasteiger partial charge in [0.25, 0.3) is 0 Å². The van der Waals surface area contributed by atoms with Gasteiger partial charge in [-0.25, -0.2) is 8.78 Å². The number of nitrogens with one attached hydrogen (secondary N) is 1. The van der Waals surface area contributed by atoms with E-state index in [4.69, 9.17) is 9.47 Å². The number of halogens is 2. The molecule has 1 saturated heterocycles. The van der Waals surface area contributed by atoms with Crippen LogP contribution in [0.3, 0.4) is 0 Å². The maximum Gasteiger partial charge on any atom is 0.131 e. The molecule has 1 aliphatic carbocycles. The number of benzene rings is 2. The van der Waals surface area contributed by atoms with E-state index in [1.807, 2.05) is 12.1 Å². The fourth-order valence-corrected chi connectivity index (χ4v) is 4.09. The normalized spacial score (nSPS) is 28.0. The summed E-state index contributed by atoms with van der Waals surface area (Å²) in [7, 11) is 0. The number of fused-ring (bicyclic) bond motifs is 3. The van der Waals surface area contributed by atoms with Gasteiger partial charge in [0.15, 0.2) is 0 Å². The SMILES string of the molecule is Fc1cccc(F)c1C1Nc2c(C3CC3)cccc2C2OCCOC12. The van der Waals surface area contributed by atoms with Crippen LogP contribution in [0, 0.1) is 11.6 Å². The van der Waals surface area contributed by atoms with Crippen LogP contribution in [-0.4, -0.2) is 19.3 Å². The molecule has 3 nitrogen and oxygen atoms in total. The topological polar surface area (TPSA) is 30.5 Å². The van der Waals surface area contributed by atoms with Crippen molar-refractivity contribution < 1.29 is 18.3 Å². The zero-order valence-electron chi connectivity index (χ0n) is 13.7. The molecule has 2 aromatic carbocycles. The van der Waals surface area contributed by atoms with Gasteiger partial charge >= 0.3 is 0 Å². The molecule has 0 aromatic heterocycles. The molecule has 2 aromatic rings. The maximum atomic E-state index is 14.5. The summed E-state index contributed by atoms with van der Waals surface area (Å²) in [5.74, 6) is -0.592. The minimum Gasteiger partial charge on any atom is -0.375 e. The van der Waals surface area contributed by atoms with Gasteiger partial charge in [-0.1, -0.05) is 24.3 Å². The minimum atomic E-state index is -0.612. The molecule has 1 saturated carbocycles. The summed E-state index contributed by atoms with van der Waals surface area (Å²) in [4.78, 5) is 0. The number of ether oxygens (including phenoxy) is 2. The average molecular weight is 343 g/mol. The summed E-state index contributed by atoms with van der Waals surface area (Å²) in [6.07, 6.45) is 1.54. The van der Waals surface area contributed by atoms with Crippen molar-refractivity contribution in [2.45, 2.75) is 37.0 Å². The van der Waals surface area contributed by atoms with Gasteiger partial charge < -0.3 is 14.8 Å². The highest BCUT2D eigenvalue weighted by atomic mass is 19.1. The molecule has 1 N–H and O–H groups in total. The number of hydrogen-bond acceptors (Lipinski definition) is 3. The minimum absolute atomic E-state index is 0.0271. The highest BCUT2D eigenvalue weighted by Gasteiger charge is 2.44. The molecular weight excluding hydrogens is 324 g/mol. The van der Waals surface area contributed by atoms with E-state index < -0.39 is 23.8 Å². The van der Waals surface area contributed by atoms with E-state index in [1.54, 1.807) is 0 Å². The second-order valence-electron chi connectivity index (χ2n) is 6.97. The molecular formula is C20H19F2NO2. The molecule has 25 heavy (non-hydrogen) atoms. The molecule has 3 atom stereocenters. The third-order valence-corrected chi connectivity index (χ3v) is 5.38. The van der Waals surface area contributed by atoms with Crippen molar-refractivity contribution in [1.29, 1.82) is 0 Å². The quantitative estimate of drug-likeness (QED) is 0.873. The standard InChI is InChI=1S/C20H19F2NO2/c21-14-5-2-6-15(22)16(14)18-20-19(24-9-10-25-20)13-4-1-3-12(11-7-8-11)17(13)23-18/h1-6,11,18-20,23H,7-10H2. The first-order valence-electron chi connectivity index (χ1n) is 8.80. The van der Waals surface area contributed by atoms with Crippen LogP contribution in [-0.2, 0) is 9.47 Å². The second kappa shape index (κ2) is 5.78. The number of anilines is 1. The van der Waals surface area contributed by atoms with Crippen molar-refractivity contribution in [3.05, 3.63) is 64.7 Å². The van der Waals surface area contributed by atoms with Crippen LogP contribution in [0.1, 0.15) is 47.6 Å². The summed E-state index contributed by atoms with van der Waals surface area (Å²) < 4.78 is 40.8. The second-order valence-corrected chi connectivity index (χ2v) is 6.97. The van der Waals surface area contributed by atoms with Crippen LogP contribution in [0.4, 0.5) is 14.5 Å².